The molecule has 5 heteroatoms. The number of nitrogens with one attached hydrogen (secondary N) is 1. The molecule has 1 fully saturated rings. The molecule has 90 valence electrons. The minimum absolute atomic E-state index is 0.0568. The fraction of sp³-hybridized carbons (Fsp3) is 0.500. The predicted molar refractivity (Wildman–Crippen MR) is 64.4 cm³/mol. The lowest BCUT2D eigenvalue weighted by Crippen LogP contribution is -2.27. The van der Waals surface area contributed by atoms with Crippen molar-refractivity contribution in [1.29, 1.82) is 0 Å². The number of amides is 1. The first kappa shape index (κ1) is 10.4. The van der Waals surface area contributed by atoms with Crippen LogP contribution in [0.25, 0.3) is 0 Å². The summed E-state index contributed by atoms with van der Waals surface area (Å²) in [6.07, 6.45) is 2.90. The second kappa shape index (κ2) is 3.91. The molecule has 0 bridgehead atoms. The van der Waals surface area contributed by atoms with Crippen molar-refractivity contribution in [3.8, 4) is 5.88 Å². The molecule has 1 aromatic rings. The highest BCUT2D eigenvalue weighted by molar-refractivity contribution is 5.95. The average molecular weight is 233 g/mol. The van der Waals surface area contributed by atoms with Crippen molar-refractivity contribution in [1.82, 2.24) is 4.98 Å². The highest BCUT2D eigenvalue weighted by atomic mass is 16.5. The van der Waals surface area contributed by atoms with Crippen LogP contribution in [0.3, 0.4) is 0 Å². The second-order valence-corrected chi connectivity index (χ2v) is 4.45. The van der Waals surface area contributed by atoms with Gasteiger partial charge in [-0.15, -0.1) is 0 Å². The fourth-order valence-corrected chi connectivity index (χ4v) is 2.14. The fourth-order valence-electron chi connectivity index (χ4n) is 2.14. The van der Waals surface area contributed by atoms with E-state index in [-0.39, 0.29) is 5.91 Å². The monoisotopic (exact) mass is 233 g/mol. The van der Waals surface area contributed by atoms with Gasteiger partial charge in [0, 0.05) is 25.1 Å². The molecule has 1 aliphatic heterocycles. The Balaban J connectivity index is 2.02. The maximum Gasteiger partial charge on any atom is 0.226 e. The summed E-state index contributed by atoms with van der Waals surface area (Å²) in [5, 5.41) is 2.89. The summed E-state index contributed by atoms with van der Waals surface area (Å²) in [7, 11) is 1.60. The number of anilines is 2. The Bertz CT molecular complexity index is 457. The lowest BCUT2D eigenvalue weighted by Gasteiger charge is -2.22. The maximum absolute atomic E-state index is 11.6. The first-order valence-corrected chi connectivity index (χ1v) is 5.89. The minimum atomic E-state index is 0.0568. The van der Waals surface area contributed by atoms with E-state index < -0.39 is 0 Å². The molecule has 0 radical (unpaired) electrons. The molecule has 2 heterocycles. The van der Waals surface area contributed by atoms with Gasteiger partial charge in [0.1, 0.15) is 0 Å². The van der Waals surface area contributed by atoms with Crippen LogP contribution in [0.15, 0.2) is 12.1 Å². The molecule has 1 aromatic heterocycles. The van der Waals surface area contributed by atoms with Gasteiger partial charge in [-0.25, -0.2) is 0 Å². The van der Waals surface area contributed by atoms with E-state index in [9.17, 15) is 4.79 Å². The van der Waals surface area contributed by atoms with Crippen LogP contribution < -0.4 is 15.0 Å². The van der Waals surface area contributed by atoms with Gasteiger partial charge in [0.15, 0.2) is 5.82 Å². The number of ether oxygens (including phenoxy) is 1. The molecule has 2 aliphatic rings. The second-order valence-electron chi connectivity index (χ2n) is 4.45. The quantitative estimate of drug-likeness (QED) is 0.839. The summed E-state index contributed by atoms with van der Waals surface area (Å²) in [5.41, 5.74) is 0.792. The van der Waals surface area contributed by atoms with Crippen LogP contribution in [0.4, 0.5) is 11.5 Å². The van der Waals surface area contributed by atoms with Gasteiger partial charge in [0.05, 0.1) is 12.8 Å². The SMILES string of the molecule is COc1ccc2c(n1)N(C1CC1)CCC(=O)N2. The first-order valence-electron chi connectivity index (χ1n) is 5.89. The van der Waals surface area contributed by atoms with Gasteiger partial charge in [0.25, 0.3) is 0 Å². The maximum atomic E-state index is 11.6. The first-order chi connectivity index (χ1) is 8.28. The number of carbonyl (C=O) groups is 1. The molecule has 0 aromatic carbocycles. The third-order valence-electron chi connectivity index (χ3n) is 3.17. The highest BCUT2D eigenvalue weighted by Crippen LogP contribution is 2.37. The van der Waals surface area contributed by atoms with Crippen molar-refractivity contribution < 1.29 is 9.53 Å². The number of hydrogen-bond donors (Lipinski definition) is 1. The van der Waals surface area contributed by atoms with Gasteiger partial charge < -0.3 is 15.0 Å². The van der Waals surface area contributed by atoms with E-state index in [2.05, 4.69) is 15.2 Å². The van der Waals surface area contributed by atoms with Gasteiger partial charge in [-0.2, -0.15) is 4.98 Å². The van der Waals surface area contributed by atoms with E-state index in [1.54, 1.807) is 13.2 Å². The van der Waals surface area contributed by atoms with Crippen LogP contribution in [-0.2, 0) is 4.79 Å². The Kier molecular flexibility index (Phi) is 2.39. The summed E-state index contributed by atoms with van der Waals surface area (Å²) in [6, 6.07) is 4.18. The molecule has 1 amide bonds. The zero-order valence-corrected chi connectivity index (χ0v) is 9.77. The summed E-state index contributed by atoms with van der Waals surface area (Å²) >= 11 is 0. The third-order valence-corrected chi connectivity index (χ3v) is 3.17. The number of aromatic nitrogens is 1. The topological polar surface area (TPSA) is 54.5 Å². The van der Waals surface area contributed by atoms with E-state index in [4.69, 9.17) is 4.74 Å². The van der Waals surface area contributed by atoms with E-state index in [1.165, 1.54) is 12.8 Å². The normalized spacial score (nSPS) is 19.4. The molecule has 1 aliphatic carbocycles. The van der Waals surface area contributed by atoms with Crippen LogP contribution >= 0.6 is 0 Å². The van der Waals surface area contributed by atoms with Crippen LogP contribution in [0.2, 0.25) is 0 Å². The zero-order chi connectivity index (χ0) is 11.8. The largest absolute Gasteiger partial charge is 0.481 e. The molecule has 3 rings (SSSR count). The Hall–Kier alpha value is -1.78. The Morgan fingerprint density at radius 3 is 3.00 bits per heavy atom. The van der Waals surface area contributed by atoms with Gasteiger partial charge >= 0.3 is 0 Å². The van der Waals surface area contributed by atoms with E-state index in [1.807, 2.05) is 6.07 Å². The van der Waals surface area contributed by atoms with Crippen LogP contribution in [0.1, 0.15) is 19.3 Å². The molecule has 0 saturated heterocycles. The molecule has 1 saturated carbocycles. The van der Waals surface area contributed by atoms with Gasteiger partial charge in [0.2, 0.25) is 11.8 Å². The summed E-state index contributed by atoms with van der Waals surface area (Å²) in [6.45, 7) is 0.740. The molecule has 0 spiro atoms. The standard InChI is InChI=1S/C12H15N3O2/c1-17-11-5-4-9-12(14-11)15(8-2-3-8)7-6-10(16)13-9/h4-5,8H,2-3,6-7H2,1H3,(H,13,16). The zero-order valence-electron chi connectivity index (χ0n) is 9.77. The van der Waals surface area contributed by atoms with Crippen LogP contribution in [0.5, 0.6) is 5.88 Å². The Labute approximate surface area is 99.8 Å². The van der Waals surface area contributed by atoms with Crippen molar-refractivity contribution in [3.63, 3.8) is 0 Å². The highest BCUT2D eigenvalue weighted by Gasteiger charge is 2.33. The van der Waals surface area contributed by atoms with Gasteiger partial charge in [-0.3, -0.25) is 4.79 Å². The molecule has 17 heavy (non-hydrogen) atoms. The molecule has 5 nitrogen and oxygen atoms in total. The Morgan fingerprint density at radius 1 is 1.47 bits per heavy atom. The third kappa shape index (κ3) is 1.92. The summed E-state index contributed by atoms with van der Waals surface area (Å²) in [4.78, 5) is 18.3. The molecule has 0 unspecified atom stereocenters. The smallest absolute Gasteiger partial charge is 0.226 e. The van der Waals surface area contributed by atoms with E-state index in [0.717, 1.165) is 18.1 Å². The molecule has 0 atom stereocenters. The van der Waals surface area contributed by atoms with Crippen molar-refractivity contribution in [2.45, 2.75) is 25.3 Å². The molecule has 1 N–H and O–H groups in total. The molecular weight excluding hydrogens is 218 g/mol. The number of rotatable bonds is 2. The number of hydrogen-bond acceptors (Lipinski definition) is 4. The number of carbonyl (C=O) groups excluding carboxylic acids is 1. The Morgan fingerprint density at radius 2 is 2.29 bits per heavy atom. The lowest BCUT2D eigenvalue weighted by molar-refractivity contribution is -0.115. The average Bonchev–Trinajstić information content (AvgIpc) is 3.14. The summed E-state index contributed by atoms with van der Waals surface area (Å²) in [5.74, 6) is 1.49. The van der Waals surface area contributed by atoms with Crippen LogP contribution in [0, 0.1) is 0 Å². The number of nitrogens with zero attached hydrogens (tertiary/aromatic N) is 2. The van der Waals surface area contributed by atoms with Crippen molar-refractivity contribution in [2.75, 3.05) is 23.9 Å². The van der Waals surface area contributed by atoms with E-state index in [0.29, 0.717) is 18.3 Å². The van der Waals surface area contributed by atoms with Crippen molar-refractivity contribution >= 4 is 17.4 Å². The minimum Gasteiger partial charge on any atom is -0.481 e. The predicted octanol–water partition coefficient (Wildman–Crippen LogP) is 1.40. The number of methoxy groups -OCH3 is 1. The van der Waals surface area contributed by atoms with Gasteiger partial charge in [-0.05, 0) is 18.9 Å². The van der Waals surface area contributed by atoms with Crippen molar-refractivity contribution in [2.24, 2.45) is 0 Å². The van der Waals surface area contributed by atoms with E-state index >= 15 is 0 Å². The lowest BCUT2D eigenvalue weighted by atomic mass is 10.3. The van der Waals surface area contributed by atoms with Crippen molar-refractivity contribution in [3.05, 3.63) is 12.1 Å². The number of fused-ring (bicyclic) bond motifs is 1. The number of pyridine rings is 1. The van der Waals surface area contributed by atoms with Crippen LogP contribution in [-0.4, -0.2) is 30.6 Å². The summed E-state index contributed by atoms with van der Waals surface area (Å²) < 4.78 is 5.15. The molecular formula is C12H15N3O2. The van der Waals surface area contributed by atoms with Gasteiger partial charge in [-0.1, -0.05) is 0 Å².